The highest BCUT2D eigenvalue weighted by Crippen LogP contribution is 2.22. The van der Waals surface area contributed by atoms with Crippen LogP contribution in [0.3, 0.4) is 0 Å². The quantitative estimate of drug-likeness (QED) is 0.780. The van der Waals surface area contributed by atoms with Gasteiger partial charge in [0.1, 0.15) is 0 Å². The summed E-state index contributed by atoms with van der Waals surface area (Å²) in [6.07, 6.45) is 2.93. The Bertz CT molecular complexity index is 310. The zero-order chi connectivity index (χ0) is 10.5. The van der Waals surface area contributed by atoms with Gasteiger partial charge in [0.15, 0.2) is 11.6 Å². The zero-order valence-electron chi connectivity index (χ0n) is 8.99. The molecule has 0 aliphatic carbocycles. The maximum Gasteiger partial charge on any atom is 0.169 e. The molecule has 4 nitrogen and oxygen atoms in total. The minimum absolute atomic E-state index is 0.471. The van der Waals surface area contributed by atoms with Crippen LogP contribution in [0.5, 0.6) is 5.75 Å². The molecular formula is C11H17N3O. The van der Waals surface area contributed by atoms with E-state index in [1.807, 2.05) is 19.1 Å². The van der Waals surface area contributed by atoms with Gasteiger partial charge in [0, 0.05) is 18.8 Å². The van der Waals surface area contributed by atoms with Gasteiger partial charge in [-0.1, -0.05) is 0 Å². The molecule has 15 heavy (non-hydrogen) atoms. The van der Waals surface area contributed by atoms with Crippen LogP contribution < -0.4 is 15.4 Å². The van der Waals surface area contributed by atoms with Crippen molar-refractivity contribution in [1.82, 2.24) is 10.3 Å². The SMILES string of the molecule is CCOc1cccnc1NC1CCNC1. The van der Waals surface area contributed by atoms with Crippen molar-refractivity contribution in [1.29, 1.82) is 0 Å². The number of nitrogens with one attached hydrogen (secondary N) is 2. The van der Waals surface area contributed by atoms with Gasteiger partial charge in [-0.25, -0.2) is 4.98 Å². The molecule has 2 rings (SSSR count). The number of hydrogen-bond acceptors (Lipinski definition) is 4. The van der Waals surface area contributed by atoms with Crippen molar-refractivity contribution in [3.8, 4) is 5.75 Å². The first kappa shape index (κ1) is 10.2. The Morgan fingerprint density at radius 1 is 1.67 bits per heavy atom. The Hall–Kier alpha value is -1.29. The fraction of sp³-hybridized carbons (Fsp3) is 0.545. The third-order valence-corrected chi connectivity index (χ3v) is 2.47. The van der Waals surface area contributed by atoms with Gasteiger partial charge in [-0.05, 0) is 32.0 Å². The highest BCUT2D eigenvalue weighted by atomic mass is 16.5. The second-order valence-corrected chi connectivity index (χ2v) is 3.62. The van der Waals surface area contributed by atoms with E-state index in [2.05, 4.69) is 15.6 Å². The lowest BCUT2D eigenvalue weighted by Crippen LogP contribution is -2.23. The van der Waals surface area contributed by atoms with Crippen LogP contribution in [0.15, 0.2) is 18.3 Å². The van der Waals surface area contributed by atoms with Crippen molar-refractivity contribution < 1.29 is 4.74 Å². The van der Waals surface area contributed by atoms with Crippen LogP contribution in [0.4, 0.5) is 5.82 Å². The van der Waals surface area contributed by atoms with Gasteiger partial charge < -0.3 is 15.4 Å². The lowest BCUT2D eigenvalue weighted by Gasteiger charge is -2.15. The molecule has 0 radical (unpaired) electrons. The zero-order valence-corrected chi connectivity index (χ0v) is 8.99. The summed E-state index contributed by atoms with van der Waals surface area (Å²) in [7, 11) is 0. The van der Waals surface area contributed by atoms with Gasteiger partial charge in [-0.2, -0.15) is 0 Å². The van der Waals surface area contributed by atoms with Crippen LogP contribution >= 0.6 is 0 Å². The monoisotopic (exact) mass is 207 g/mol. The van der Waals surface area contributed by atoms with Crippen molar-refractivity contribution in [2.45, 2.75) is 19.4 Å². The molecule has 1 unspecified atom stereocenters. The lowest BCUT2D eigenvalue weighted by atomic mass is 10.2. The highest BCUT2D eigenvalue weighted by Gasteiger charge is 2.16. The van der Waals surface area contributed by atoms with E-state index in [1.165, 1.54) is 0 Å². The van der Waals surface area contributed by atoms with Crippen LogP contribution in [0, 0.1) is 0 Å². The predicted molar refractivity (Wildman–Crippen MR) is 60.3 cm³/mol. The van der Waals surface area contributed by atoms with Crippen molar-refractivity contribution in [3.63, 3.8) is 0 Å². The van der Waals surface area contributed by atoms with Gasteiger partial charge in [0.2, 0.25) is 0 Å². The number of rotatable bonds is 4. The molecule has 1 aliphatic heterocycles. The Morgan fingerprint density at radius 3 is 3.33 bits per heavy atom. The second-order valence-electron chi connectivity index (χ2n) is 3.62. The van der Waals surface area contributed by atoms with Crippen molar-refractivity contribution in [3.05, 3.63) is 18.3 Å². The standard InChI is InChI=1S/C11H17N3O/c1-2-15-10-4-3-6-13-11(10)14-9-5-7-12-8-9/h3-4,6,9,12H,2,5,7-8H2,1H3,(H,13,14). The van der Waals surface area contributed by atoms with Gasteiger partial charge in [0.05, 0.1) is 6.61 Å². The molecule has 2 N–H and O–H groups in total. The number of anilines is 1. The molecule has 0 amide bonds. The van der Waals surface area contributed by atoms with Gasteiger partial charge in [-0.3, -0.25) is 0 Å². The van der Waals surface area contributed by atoms with E-state index in [-0.39, 0.29) is 0 Å². The maximum atomic E-state index is 5.50. The highest BCUT2D eigenvalue weighted by molar-refractivity contribution is 5.50. The number of nitrogens with zero attached hydrogens (tertiary/aromatic N) is 1. The molecule has 1 aromatic heterocycles. The molecule has 1 aliphatic rings. The van der Waals surface area contributed by atoms with Crippen LogP contribution in [0.25, 0.3) is 0 Å². The molecule has 1 fully saturated rings. The molecule has 0 saturated carbocycles. The van der Waals surface area contributed by atoms with E-state index in [9.17, 15) is 0 Å². The first-order valence-electron chi connectivity index (χ1n) is 5.45. The van der Waals surface area contributed by atoms with E-state index >= 15 is 0 Å². The minimum Gasteiger partial charge on any atom is -0.490 e. The number of pyridine rings is 1. The molecule has 4 heteroatoms. The average Bonchev–Trinajstić information content (AvgIpc) is 2.74. The van der Waals surface area contributed by atoms with Crippen LogP contribution in [-0.2, 0) is 0 Å². The Balaban J connectivity index is 2.05. The largest absolute Gasteiger partial charge is 0.490 e. The predicted octanol–water partition coefficient (Wildman–Crippen LogP) is 1.25. The molecule has 1 atom stereocenters. The molecule has 0 aromatic carbocycles. The van der Waals surface area contributed by atoms with Crippen LogP contribution in [-0.4, -0.2) is 30.7 Å². The van der Waals surface area contributed by atoms with Crippen LogP contribution in [0.1, 0.15) is 13.3 Å². The number of hydrogen-bond donors (Lipinski definition) is 2. The van der Waals surface area contributed by atoms with E-state index < -0.39 is 0 Å². The fourth-order valence-corrected chi connectivity index (χ4v) is 1.74. The summed E-state index contributed by atoms with van der Waals surface area (Å²) in [5.41, 5.74) is 0. The molecule has 82 valence electrons. The van der Waals surface area contributed by atoms with E-state index in [0.29, 0.717) is 12.6 Å². The molecule has 1 aromatic rings. The van der Waals surface area contributed by atoms with Gasteiger partial charge >= 0.3 is 0 Å². The number of ether oxygens (including phenoxy) is 1. The summed E-state index contributed by atoms with van der Waals surface area (Å²) < 4.78 is 5.50. The van der Waals surface area contributed by atoms with E-state index in [1.54, 1.807) is 6.20 Å². The van der Waals surface area contributed by atoms with Crippen molar-refractivity contribution in [2.75, 3.05) is 25.0 Å². The topological polar surface area (TPSA) is 46.2 Å². The van der Waals surface area contributed by atoms with E-state index in [0.717, 1.165) is 31.1 Å². The molecule has 0 bridgehead atoms. The Kier molecular flexibility index (Phi) is 3.40. The normalized spacial score (nSPS) is 20.2. The molecule has 1 saturated heterocycles. The first-order chi connectivity index (χ1) is 7.40. The van der Waals surface area contributed by atoms with E-state index in [4.69, 9.17) is 4.74 Å². The van der Waals surface area contributed by atoms with Gasteiger partial charge in [-0.15, -0.1) is 0 Å². The molecule has 0 spiro atoms. The summed E-state index contributed by atoms with van der Waals surface area (Å²) in [4.78, 5) is 4.30. The second kappa shape index (κ2) is 4.98. The average molecular weight is 207 g/mol. The van der Waals surface area contributed by atoms with Crippen molar-refractivity contribution in [2.24, 2.45) is 0 Å². The smallest absolute Gasteiger partial charge is 0.169 e. The Labute approximate surface area is 90.0 Å². The lowest BCUT2D eigenvalue weighted by molar-refractivity contribution is 0.340. The maximum absolute atomic E-state index is 5.50. The summed E-state index contributed by atoms with van der Waals surface area (Å²) in [6.45, 7) is 4.73. The molecule has 2 heterocycles. The first-order valence-corrected chi connectivity index (χ1v) is 5.45. The third kappa shape index (κ3) is 2.59. The van der Waals surface area contributed by atoms with Gasteiger partial charge in [0.25, 0.3) is 0 Å². The Morgan fingerprint density at radius 2 is 2.60 bits per heavy atom. The summed E-state index contributed by atoms with van der Waals surface area (Å²) in [5, 5.41) is 6.71. The fourth-order valence-electron chi connectivity index (χ4n) is 1.74. The minimum atomic E-state index is 0.471. The summed E-state index contributed by atoms with van der Waals surface area (Å²) >= 11 is 0. The van der Waals surface area contributed by atoms with Crippen LogP contribution in [0.2, 0.25) is 0 Å². The number of aromatic nitrogens is 1. The third-order valence-electron chi connectivity index (χ3n) is 2.47. The summed E-state index contributed by atoms with van der Waals surface area (Å²) in [6, 6.07) is 4.31. The molecular weight excluding hydrogens is 190 g/mol. The van der Waals surface area contributed by atoms with Crippen molar-refractivity contribution >= 4 is 5.82 Å². The summed E-state index contributed by atoms with van der Waals surface area (Å²) in [5.74, 6) is 1.69.